The highest BCUT2D eigenvalue weighted by molar-refractivity contribution is 5.96. The van der Waals surface area contributed by atoms with Crippen molar-refractivity contribution in [1.29, 1.82) is 0 Å². The number of ether oxygens (including phenoxy) is 2. The van der Waals surface area contributed by atoms with Gasteiger partial charge in [-0.3, -0.25) is 0 Å². The summed E-state index contributed by atoms with van der Waals surface area (Å²) in [5.74, 6) is -0.944. The SMILES string of the molecule is COCC(C)Oc1c(C(=O)O)nnc2ccccc12. The fraction of sp³-hybridized carbons (Fsp3) is 0.308. The van der Waals surface area contributed by atoms with E-state index >= 15 is 0 Å². The van der Waals surface area contributed by atoms with Gasteiger partial charge in [-0.25, -0.2) is 4.79 Å². The topological polar surface area (TPSA) is 81.5 Å². The number of nitrogens with zero attached hydrogens (tertiary/aromatic N) is 2. The molecule has 19 heavy (non-hydrogen) atoms. The highest BCUT2D eigenvalue weighted by atomic mass is 16.5. The zero-order valence-corrected chi connectivity index (χ0v) is 10.7. The summed E-state index contributed by atoms with van der Waals surface area (Å²) in [4.78, 5) is 11.2. The maximum absolute atomic E-state index is 11.2. The molecule has 0 fully saturated rings. The van der Waals surface area contributed by atoms with Gasteiger partial charge in [-0.1, -0.05) is 12.1 Å². The summed E-state index contributed by atoms with van der Waals surface area (Å²) in [6.45, 7) is 2.15. The molecule has 0 aliphatic heterocycles. The van der Waals surface area contributed by atoms with Crippen molar-refractivity contribution < 1.29 is 19.4 Å². The lowest BCUT2D eigenvalue weighted by Crippen LogP contribution is -2.20. The van der Waals surface area contributed by atoms with E-state index in [1.54, 1.807) is 38.3 Å². The second kappa shape index (κ2) is 5.62. The van der Waals surface area contributed by atoms with E-state index in [1.807, 2.05) is 0 Å². The predicted octanol–water partition coefficient (Wildman–Crippen LogP) is 1.74. The smallest absolute Gasteiger partial charge is 0.360 e. The van der Waals surface area contributed by atoms with Gasteiger partial charge in [-0.2, -0.15) is 0 Å². The largest absolute Gasteiger partial charge is 0.485 e. The van der Waals surface area contributed by atoms with Crippen LogP contribution in [0.15, 0.2) is 24.3 Å². The summed E-state index contributed by atoms with van der Waals surface area (Å²) in [7, 11) is 1.56. The normalized spacial score (nSPS) is 12.3. The molecule has 1 unspecified atom stereocenters. The maximum atomic E-state index is 11.2. The summed E-state index contributed by atoms with van der Waals surface area (Å²) < 4.78 is 10.6. The van der Waals surface area contributed by atoms with Crippen molar-refractivity contribution >= 4 is 16.9 Å². The molecule has 1 aromatic heterocycles. The van der Waals surface area contributed by atoms with Gasteiger partial charge in [0.05, 0.1) is 12.1 Å². The third-order valence-corrected chi connectivity index (χ3v) is 2.54. The first-order chi connectivity index (χ1) is 9.13. The Labute approximate surface area is 110 Å². The second-order valence-corrected chi connectivity index (χ2v) is 4.08. The number of fused-ring (bicyclic) bond motifs is 1. The first-order valence-corrected chi connectivity index (χ1v) is 5.77. The van der Waals surface area contributed by atoms with Crippen LogP contribution in [-0.2, 0) is 4.74 Å². The minimum atomic E-state index is -1.17. The summed E-state index contributed by atoms with van der Waals surface area (Å²) in [6.07, 6.45) is -0.282. The van der Waals surface area contributed by atoms with Crippen molar-refractivity contribution in [3.05, 3.63) is 30.0 Å². The lowest BCUT2D eigenvalue weighted by molar-refractivity contribution is 0.0665. The minimum absolute atomic E-state index is 0.193. The van der Waals surface area contributed by atoms with Gasteiger partial charge in [0.2, 0.25) is 5.69 Å². The number of aromatic nitrogens is 2. The Morgan fingerprint density at radius 3 is 2.79 bits per heavy atom. The molecule has 6 heteroatoms. The van der Waals surface area contributed by atoms with Crippen LogP contribution in [0.3, 0.4) is 0 Å². The molecule has 0 bridgehead atoms. The molecule has 0 aliphatic carbocycles. The Balaban J connectivity index is 2.52. The Kier molecular flexibility index (Phi) is 3.91. The fourth-order valence-corrected chi connectivity index (χ4v) is 1.76. The van der Waals surface area contributed by atoms with E-state index in [2.05, 4.69) is 10.2 Å². The van der Waals surface area contributed by atoms with E-state index in [-0.39, 0.29) is 17.5 Å². The highest BCUT2D eigenvalue weighted by Crippen LogP contribution is 2.27. The van der Waals surface area contributed by atoms with Crippen LogP contribution in [0.5, 0.6) is 5.75 Å². The van der Waals surface area contributed by atoms with Gasteiger partial charge in [0.1, 0.15) is 6.10 Å². The molecule has 2 rings (SSSR count). The molecule has 2 aromatic rings. The number of carboxylic acid groups (broad SMARTS) is 1. The highest BCUT2D eigenvalue weighted by Gasteiger charge is 2.19. The van der Waals surface area contributed by atoms with Gasteiger partial charge in [0, 0.05) is 12.5 Å². The van der Waals surface area contributed by atoms with Crippen molar-refractivity contribution in [2.24, 2.45) is 0 Å². The van der Waals surface area contributed by atoms with Crippen LogP contribution in [0.1, 0.15) is 17.4 Å². The van der Waals surface area contributed by atoms with Crippen LogP contribution < -0.4 is 4.74 Å². The molecule has 1 atom stereocenters. The van der Waals surface area contributed by atoms with Gasteiger partial charge in [-0.05, 0) is 19.1 Å². The van der Waals surface area contributed by atoms with Crippen molar-refractivity contribution in [1.82, 2.24) is 10.2 Å². The molecule has 1 heterocycles. The fourth-order valence-electron chi connectivity index (χ4n) is 1.76. The van der Waals surface area contributed by atoms with Crippen molar-refractivity contribution in [3.8, 4) is 5.75 Å². The summed E-state index contributed by atoms with van der Waals surface area (Å²) in [5, 5.41) is 17.4. The zero-order chi connectivity index (χ0) is 13.8. The molecule has 1 N–H and O–H groups in total. The number of carbonyl (C=O) groups is 1. The van der Waals surface area contributed by atoms with Crippen LogP contribution in [0, 0.1) is 0 Å². The van der Waals surface area contributed by atoms with E-state index in [4.69, 9.17) is 14.6 Å². The van der Waals surface area contributed by atoms with E-state index in [0.29, 0.717) is 17.5 Å². The number of carboxylic acids is 1. The number of methoxy groups -OCH3 is 1. The molecule has 0 amide bonds. The number of hydrogen-bond donors (Lipinski definition) is 1. The van der Waals surface area contributed by atoms with Crippen molar-refractivity contribution in [2.45, 2.75) is 13.0 Å². The number of hydrogen-bond acceptors (Lipinski definition) is 5. The van der Waals surface area contributed by atoms with E-state index in [1.165, 1.54) is 0 Å². The molecule has 0 saturated heterocycles. The quantitative estimate of drug-likeness (QED) is 0.883. The lowest BCUT2D eigenvalue weighted by atomic mass is 10.2. The lowest BCUT2D eigenvalue weighted by Gasteiger charge is -2.16. The number of rotatable bonds is 5. The molecular weight excluding hydrogens is 248 g/mol. The summed E-state index contributed by atoms with van der Waals surface area (Å²) >= 11 is 0. The van der Waals surface area contributed by atoms with Gasteiger partial charge in [0.15, 0.2) is 5.75 Å². The monoisotopic (exact) mass is 262 g/mol. The summed E-state index contributed by atoms with van der Waals surface area (Å²) in [6, 6.07) is 7.11. The van der Waals surface area contributed by atoms with E-state index in [9.17, 15) is 4.79 Å². The third-order valence-electron chi connectivity index (χ3n) is 2.54. The molecule has 0 radical (unpaired) electrons. The third kappa shape index (κ3) is 2.79. The van der Waals surface area contributed by atoms with Crippen LogP contribution in [-0.4, -0.2) is 41.1 Å². The molecule has 100 valence electrons. The molecular formula is C13H14N2O4. The Morgan fingerprint density at radius 2 is 2.11 bits per heavy atom. The van der Waals surface area contributed by atoms with Crippen molar-refractivity contribution in [3.63, 3.8) is 0 Å². The molecule has 0 aliphatic rings. The number of aromatic carboxylic acids is 1. The summed E-state index contributed by atoms with van der Waals surface area (Å²) in [5.41, 5.74) is 0.397. The van der Waals surface area contributed by atoms with E-state index < -0.39 is 5.97 Å². The van der Waals surface area contributed by atoms with Crippen molar-refractivity contribution in [2.75, 3.05) is 13.7 Å². The molecule has 0 saturated carbocycles. The van der Waals surface area contributed by atoms with Gasteiger partial charge in [0.25, 0.3) is 0 Å². The average molecular weight is 262 g/mol. The zero-order valence-electron chi connectivity index (χ0n) is 10.7. The van der Waals surface area contributed by atoms with Crippen LogP contribution in [0.2, 0.25) is 0 Å². The predicted molar refractivity (Wildman–Crippen MR) is 68.5 cm³/mol. The molecule has 6 nitrogen and oxygen atoms in total. The standard InChI is InChI=1S/C13H14N2O4/c1-8(7-18-2)19-12-9-5-3-4-6-10(9)14-15-11(12)13(16)17/h3-6,8H,7H2,1-2H3,(H,16,17). The first kappa shape index (κ1) is 13.2. The van der Waals surface area contributed by atoms with Crippen LogP contribution in [0.25, 0.3) is 10.9 Å². The second-order valence-electron chi connectivity index (χ2n) is 4.08. The Hall–Kier alpha value is -2.21. The van der Waals surface area contributed by atoms with Gasteiger partial charge >= 0.3 is 5.97 Å². The van der Waals surface area contributed by atoms with E-state index in [0.717, 1.165) is 0 Å². The van der Waals surface area contributed by atoms with Gasteiger partial charge < -0.3 is 14.6 Å². The van der Waals surface area contributed by atoms with Crippen LogP contribution in [0.4, 0.5) is 0 Å². The van der Waals surface area contributed by atoms with Crippen LogP contribution >= 0.6 is 0 Å². The Morgan fingerprint density at radius 1 is 1.37 bits per heavy atom. The minimum Gasteiger partial charge on any atom is -0.485 e. The first-order valence-electron chi connectivity index (χ1n) is 5.77. The Bertz CT molecular complexity index is 600. The molecule has 0 spiro atoms. The average Bonchev–Trinajstić information content (AvgIpc) is 2.39. The molecule has 1 aromatic carbocycles. The van der Waals surface area contributed by atoms with Gasteiger partial charge in [-0.15, -0.1) is 10.2 Å². The maximum Gasteiger partial charge on any atom is 0.360 e. The number of benzene rings is 1.